The summed E-state index contributed by atoms with van der Waals surface area (Å²) < 4.78 is 70.7. The van der Waals surface area contributed by atoms with Crippen LogP contribution in [0.2, 0.25) is 0 Å². The molecule has 2 aromatic carbocycles. The first-order valence-electron chi connectivity index (χ1n) is 11.3. The van der Waals surface area contributed by atoms with Gasteiger partial charge in [-0.25, -0.2) is 4.52 Å². The molecule has 0 unspecified atom stereocenters. The van der Waals surface area contributed by atoms with Crippen molar-refractivity contribution in [2.24, 2.45) is 0 Å². The molecule has 7 nitrogen and oxygen atoms in total. The molecule has 0 radical (unpaired) electrons. The molecule has 0 aliphatic heterocycles. The van der Waals surface area contributed by atoms with E-state index in [0.29, 0.717) is 22.6 Å². The van der Waals surface area contributed by atoms with Crippen LogP contribution < -0.4 is 5.32 Å². The maximum Gasteiger partial charge on any atom is 0.310 e. The maximum absolute atomic E-state index is 13.4. The van der Waals surface area contributed by atoms with Crippen molar-refractivity contribution in [1.29, 1.82) is 5.26 Å². The number of anilines is 1. The minimum atomic E-state index is -10.1. The zero-order chi connectivity index (χ0) is 28.2. The Morgan fingerprint density at radius 1 is 0.976 bits per heavy atom. The highest BCUT2D eigenvalue weighted by atomic mass is 35.5. The van der Waals surface area contributed by atoms with Gasteiger partial charge in [0.05, 0.1) is 23.0 Å². The number of pyridine rings is 1. The molecule has 0 aliphatic rings. The van der Waals surface area contributed by atoms with E-state index in [1.165, 1.54) is 6.07 Å². The zero-order valence-electron chi connectivity index (χ0n) is 21.2. The second kappa shape index (κ2) is 10.1. The first kappa shape index (κ1) is 31.4. The summed E-state index contributed by atoms with van der Waals surface area (Å²) in [5, 5.41) is 16.1. The van der Waals surface area contributed by atoms with E-state index in [9.17, 15) is 24.2 Å². The number of rotatable bonds is 5. The van der Waals surface area contributed by atoms with Crippen LogP contribution in [-0.4, -0.2) is 25.1 Å². The van der Waals surface area contributed by atoms with Gasteiger partial charge in [-0.2, -0.15) is 10.4 Å². The van der Waals surface area contributed by atoms with Crippen LogP contribution in [-0.2, 0) is 0 Å². The summed E-state index contributed by atoms with van der Waals surface area (Å²) in [5.41, 5.74) is 3.04. The van der Waals surface area contributed by atoms with Crippen LogP contribution in [0.3, 0.4) is 0 Å². The first-order chi connectivity index (χ1) is 18.1. The number of amides is 1. The Kier molecular flexibility index (Phi) is 7.70. The Morgan fingerprint density at radius 3 is 2.34 bits per heavy atom. The standard InChI is InChI=1S/C26H19F5N6OS.2ClH/c1-16-8-17(2)24(36-6-7-37-25(36)13-23(35-37)19-4-3-5-33-15-19)12-22(16)34-26(38)20-9-18(14-32)10-21(11-20)39(27,28,29,30)31;;/h3-13,15H,1-2H3,(H,34,38);2*1H. The van der Waals surface area contributed by atoms with Gasteiger partial charge in [0, 0.05) is 47.7 Å². The smallest absolute Gasteiger partial charge is 0.310 e. The Hall–Kier alpha value is -4.12. The highest BCUT2D eigenvalue weighted by Crippen LogP contribution is 3.02. The number of nitriles is 1. The number of nitrogens with zero attached hydrogens (tertiary/aromatic N) is 5. The molecule has 0 saturated carbocycles. The molecular formula is C26H21Cl2F5N6OS. The number of aryl methyl sites for hydroxylation is 2. The Balaban J connectivity index is 0.00000231. The van der Waals surface area contributed by atoms with Crippen LogP contribution >= 0.6 is 35.0 Å². The highest BCUT2D eigenvalue weighted by molar-refractivity contribution is 8.45. The van der Waals surface area contributed by atoms with E-state index in [-0.39, 0.29) is 42.6 Å². The SMILES string of the molecule is Cc1cc(C)c(-n2ccn3nc(-c4cccnc4)cc23)cc1NC(=O)c1cc(C#N)cc(S(F)(F)(F)(F)F)c1.Cl.Cl. The molecule has 0 aliphatic carbocycles. The zero-order valence-corrected chi connectivity index (χ0v) is 23.6. The fourth-order valence-electron chi connectivity index (χ4n) is 4.19. The van der Waals surface area contributed by atoms with Gasteiger partial charge in [-0.15, -0.1) is 24.8 Å². The van der Waals surface area contributed by atoms with Gasteiger partial charge >= 0.3 is 10.2 Å². The van der Waals surface area contributed by atoms with Gasteiger partial charge in [0.2, 0.25) is 0 Å². The number of benzene rings is 2. The molecule has 41 heavy (non-hydrogen) atoms. The maximum atomic E-state index is 13.4. The topological polar surface area (TPSA) is 88.0 Å². The fourth-order valence-corrected chi connectivity index (χ4v) is 4.89. The summed E-state index contributed by atoms with van der Waals surface area (Å²) in [6.45, 7) is 3.53. The highest BCUT2D eigenvalue weighted by Gasteiger charge is 2.65. The summed E-state index contributed by atoms with van der Waals surface area (Å²) in [6, 6.07) is 11.2. The lowest BCUT2D eigenvalue weighted by Crippen LogP contribution is -2.15. The molecule has 5 rings (SSSR count). The van der Waals surface area contributed by atoms with E-state index in [1.807, 2.05) is 23.6 Å². The summed E-state index contributed by atoms with van der Waals surface area (Å²) in [4.78, 5) is 14.7. The van der Waals surface area contributed by atoms with Crippen LogP contribution in [0, 0.1) is 25.2 Å². The van der Waals surface area contributed by atoms with Gasteiger partial charge in [-0.3, -0.25) is 14.3 Å². The molecule has 3 heterocycles. The van der Waals surface area contributed by atoms with Crippen molar-refractivity contribution in [1.82, 2.24) is 19.2 Å². The van der Waals surface area contributed by atoms with Crippen LogP contribution in [0.5, 0.6) is 0 Å². The molecule has 0 saturated heterocycles. The van der Waals surface area contributed by atoms with Gasteiger partial charge in [-0.1, -0.05) is 25.5 Å². The Labute approximate surface area is 243 Å². The molecule has 0 spiro atoms. The summed E-state index contributed by atoms with van der Waals surface area (Å²) in [6.07, 6.45) is 6.83. The van der Waals surface area contributed by atoms with Crippen molar-refractivity contribution >= 4 is 52.3 Å². The quantitative estimate of drug-likeness (QED) is 0.197. The summed E-state index contributed by atoms with van der Waals surface area (Å²) in [7, 11) is -10.1. The molecule has 0 atom stereocenters. The van der Waals surface area contributed by atoms with E-state index in [4.69, 9.17) is 5.26 Å². The summed E-state index contributed by atoms with van der Waals surface area (Å²) in [5.74, 6) is -1.08. The number of hydrogen-bond acceptors (Lipinski definition) is 4. The molecule has 1 amide bonds. The number of carbonyl (C=O) groups excluding carboxylic acids is 1. The van der Waals surface area contributed by atoms with Gasteiger partial charge < -0.3 is 5.32 Å². The van der Waals surface area contributed by atoms with E-state index < -0.39 is 32.2 Å². The van der Waals surface area contributed by atoms with Crippen LogP contribution in [0.15, 0.2) is 78.2 Å². The lowest BCUT2D eigenvalue weighted by atomic mass is 10.1. The number of aromatic nitrogens is 4. The van der Waals surface area contributed by atoms with Gasteiger partial charge in [-0.05, 0) is 61.4 Å². The van der Waals surface area contributed by atoms with E-state index in [0.717, 1.165) is 17.2 Å². The normalized spacial score (nSPS) is 12.8. The van der Waals surface area contributed by atoms with E-state index in [2.05, 4.69) is 15.4 Å². The van der Waals surface area contributed by atoms with Crippen molar-refractivity contribution in [3.05, 3.63) is 95.6 Å². The molecule has 1 N–H and O–H groups in total. The average molecular weight is 631 g/mol. The van der Waals surface area contributed by atoms with Crippen LogP contribution in [0.25, 0.3) is 22.6 Å². The number of halogens is 7. The lowest BCUT2D eigenvalue weighted by molar-refractivity contribution is 0.102. The fraction of sp³-hybridized carbons (Fsp3) is 0.0769. The Morgan fingerprint density at radius 2 is 1.71 bits per heavy atom. The van der Waals surface area contributed by atoms with E-state index >= 15 is 0 Å². The largest absolute Gasteiger partial charge is 0.322 e. The third-order valence-corrected chi connectivity index (χ3v) is 7.20. The third-order valence-electron chi connectivity index (χ3n) is 6.07. The number of nitrogens with one attached hydrogen (secondary N) is 1. The summed E-state index contributed by atoms with van der Waals surface area (Å²) >= 11 is 0. The van der Waals surface area contributed by atoms with Gasteiger partial charge in [0.15, 0.2) is 0 Å². The third kappa shape index (κ3) is 6.30. The minimum Gasteiger partial charge on any atom is -0.322 e. The molecule has 3 aromatic heterocycles. The first-order valence-corrected chi connectivity index (χ1v) is 13.3. The van der Waals surface area contributed by atoms with Crippen LogP contribution in [0.1, 0.15) is 27.0 Å². The second-order valence-electron chi connectivity index (χ2n) is 8.98. The van der Waals surface area contributed by atoms with Gasteiger partial charge in [0.25, 0.3) is 5.91 Å². The van der Waals surface area contributed by atoms with Crippen LogP contribution in [0.4, 0.5) is 25.1 Å². The van der Waals surface area contributed by atoms with Crippen molar-refractivity contribution in [2.45, 2.75) is 18.7 Å². The molecule has 5 aromatic rings. The molecule has 15 heteroatoms. The minimum absolute atomic E-state index is 0. The number of fused-ring (bicyclic) bond motifs is 1. The molecule has 0 bridgehead atoms. The lowest BCUT2D eigenvalue weighted by Gasteiger charge is -2.40. The Bertz CT molecular complexity index is 1830. The van der Waals surface area contributed by atoms with Crippen molar-refractivity contribution in [2.75, 3.05) is 5.32 Å². The predicted molar refractivity (Wildman–Crippen MR) is 152 cm³/mol. The van der Waals surface area contributed by atoms with E-state index in [1.54, 1.807) is 54.4 Å². The molecule has 0 fully saturated rings. The molecule has 216 valence electrons. The molecular weight excluding hydrogens is 610 g/mol. The van der Waals surface area contributed by atoms with Crippen molar-refractivity contribution < 1.29 is 24.2 Å². The second-order valence-corrected chi connectivity index (χ2v) is 11.4. The number of carbonyl (C=O) groups is 1. The number of hydrogen-bond donors (Lipinski definition) is 1. The van der Waals surface area contributed by atoms with Gasteiger partial charge in [0.1, 0.15) is 10.5 Å². The van der Waals surface area contributed by atoms with Crippen molar-refractivity contribution in [3.8, 4) is 23.0 Å². The number of imidazole rings is 1. The monoisotopic (exact) mass is 630 g/mol. The van der Waals surface area contributed by atoms with Crippen molar-refractivity contribution in [3.63, 3.8) is 0 Å². The predicted octanol–water partition coefficient (Wildman–Crippen LogP) is 8.43. The average Bonchev–Trinajstić information content (AvgIpc) is 3.46.